The minimum atomic E-state index is -4.47. The Hall–Kier alpha value is -2.15. The van der Waals surface area contributed by atoms with E-state index < -0.39 is 11.9 Å². The number of rotatable bonds is 3. The van der Waals surface area contributed by atoms with E-state index in [4.69, 9.17) is 0 Å². The van der Waals surface area contributed by atoms with Crippen molar-refractivity contribution in [3.63, 3.8) is 0 Å². The van der Waals surface area contributed by atoms with E-state index >= 15 is 0 Å². The van der Waals surface area contributed by atoms with Crippen molar-refractivity contribution in [2.45, 2.75) is 12.2 Å². The smallest absolute Gasteiger partial charge is 0.325 e. The van der Waals surface area contributed by atoms with Gasteiger partial charge in [0.25, 0.3) is 0 Å². The second-order valence-corrected chi connectivity index (χ2v) is 5.47. The number of alkyl halides is 3. The predicted molar refractivity (Wildman–Crippen MR) is 74.6 cm³/mol. The van der Waals surface area contributed by atoms with E-state index in [1.165, 1.54) is 0 Å². The molecule has 1 fully saturated rings. The van der Waals surface area contributed by atoms with Crippen LogP contribution >= 0.6 is 0 Å². The predicted octanol–water partition coefficient (Wildman–Crippen LogP) is 2.87. The molecule has 0 bridgehead atoms. The van der Waals surface area contributed by atoms with Gasteiger partial charge in [-0.2, -0.15) is 13.2 Å². The van der Waals surface area contributed by atoms with Gasteiger partial charge in [0.15, 0.2) is 5.69 Å². The Morgan fingerprint density at radius 1 is 1.23 bits per heavy atom. The number of benzene rings is 1. The van der Waals surface area contributed by atoms with Crippen LogP contribution in [0.25, 0.3) is 11.4 Å². The van der Waals surface area contributed by atoms with Crippen molar-refractivity contribution in [2.24, 2.45) is 0 Å². The highest BCUT2D eigenvalue weighted by molar-refractivity contribution is 5.76. The topological polar surface area (TPSA) is 38.1 Å². The van der Waals surface area contributed by atoms with Crippen molar-refractivity contribution >= 4 is 6.29 Å². The fraction of sp³-hybridized carbons (Fsp3) is 0.333. The van der Waals surface area contributed by atoms with E-state index in [0.29, 0.717) is 30.5 Å². The minimum Gasteiger partial charge on any atom is -0.325 e. The second-order valence-electron chi connectivity index (χ2n) is 5.47. The molecular formula is C15H14F3N3O. The van der Waals surface area contributed by atoms with Crippen LogP contribution in [0.1, 0.15) is 22.1 Å². The normalized spacial score (nSPS) is 16.5. The molecule has 1 aromatic heterocycles. The molecule has 1 aromatic carbocycles. The van der Waals surface area contributed by atoms with Crippen LogP contribution in [0.2, 0.25) is 0 Å². The Morgan fingerprint density at radius 2 is 1.86 bits per heavy atom. The number of imidazole rings is 1. The van der Waals surface area contributed by atoms with Gasteiger partial charge in [0.05, 0.1) is 6.04 Å². The standard InChI is InChI=1S/C15H14F3N3O/c1-20-6-12(7-20)21-8-13(15(16,17)18)19-14(21)11-4-2-10(9-22)3-5-11/h2-5,8-9,12H,6-7H2,1H3. The van der Waals surface area contributed by atoms with E-state index in [1.807, 2.05) is 11.9 Å². The first-order valence-corrected chi connectivity index (χ1v) is 6.78. The molecule has 116 valence electrons. The molecular weight excluding hydrogens is 295 g/mol. The first-order chi connectivity index (χ1) is 10.4. The van der Waals surface area contributed by atoms with Crippen molar-refractivity contribution in [3.05, 3.63) is 41.7 Å². The highest BCUT2D eigenvalue weighted by atomic mass is 19.4. The summed E-state index contributed by atoms with van der Waals surface area (Å²) in [4.78, 5) is 16.5. The van der Waals surface area contributed by atoms with Gasteiger partial charge in [0.2, 0.25) is 0 Å². The van der Waals surface area contributed by atoms with Crippen molar-refractivity contribution < 1.29 is 18.0 Å². The van der Waals surface area contributed by atoms with Crippen LogP contribution in [0, 0.1) is 0 Å². The molecule has 7 heteroatoms. The summed E-state index contributed by atoms with van der Waals surface area (Å²) in [5.74, 6) is 0.280. The number of hydrogen-bond donors (Lipinski definition) is 0. The summed E-state index contributed by atoms with van der Waals surface area (Å²) in [5, 5.41) is 0. The third-order valence-electron chi connectivity index (χ3n) is 3.77. The minimum absolute atomic E-state index is 0.0191. The summed E-state index contributed by atoms with van der Waals surface area (Å²) in [6.45, 7) is 1.38. The average Bonchev–Trinajstić information content (AvgIpc) is 2.88. The Morgan fingerprint density at radius 3 is 2.36 bits per heavy atom. The van der Waals surface area contributed by atoms with Crippen LogP contribution in [-0.2, 0) is 6.18 Å². The quantitative estimate of drug-likeness (QED) is 0.818. The van der Waals surface area contributed by atoms with E-state index in [2.05, 4.69) is 4.98 Å². The maximum atomic E-state index is 12.9. The molecule has 0 atom stereocenters. The molecule has 0 spiro atoms. The molecule has 22 heavy (non-hydrogen) atoms. The van der Waals surface area contributed by atoms with Gasteiger partial charge in [0, 0.05) is 30.4 Å². The maximum absolute atomic E-state index is 12.9. The van der Waals surface area contributed by atoms with Gasteiger partial charge in [-0.15, -0.1) is 0 Å². The maximum Gasteiger partial charge on any atom is 0.434 e. The van der Waals surface area contributed by atoms with Gasteiger partial charge < -0.3 is 9.47 Å². The van der Waals surface area contributed by atoms with Gasteiger partial charge in [-0.3, -0.25) is 4.79 Å². The zero-order valence-electron chi connectivity index (χ0n) is 11.8. The molecule has 1 saturated heterocycles. The van der Waals surface area contributed by atoms with Crippen LogP contribution < -0.4 is 0 Å². The number of halogens is 3. The monoisotopic (exact) mass is 309 g/mol. The molecule has 1 aliphatic heterocycles. The number of aromatic nitrogens is 2. The summed E-state index contributed by atoms with van der Waals surface area (Å²) < 4.78 is 40.4. The highest BCUT2D eigenvalue weighted by Gasteiger charge is 2.37. The summed E-state index contributed by atoms with van der Waals surface area (Å²) >= 11 is 0. The number of nitrogens with zero attached hydrogens (tertiary/aromatic N) is 3. The lowest BCUT2D eigenvalue weighted by Gasteiger charge is -2.37. The van der Waals surface area contributed by atoms with Crippen molar-refractivity contribution in [1.29, 1.82) is 0 Å². The molecule has 1 aliphatic rings. The van der Waals surface area contributed by atoms with E-state index in [-0.39, 0.29) is 11.9 Å². The van der Waals surface area contributed by atoms with Crippen molar-refractivity contribution in [2.75, 3.05) is 20.1 Å². The van der Waals surface area contributed by atoms with Crippen LogP contribution in [0.4, 0.5) is 13.2 Å². The third kappa shape index (κ3) is 2.64. The molecule has 4 nitrogen and oxygen atoms in total. The Balaban J connectivity index is 2.03. The Bertz CT molecular complexity index is 685. The first kappa shape index (κ1) is 14.8. The molecule has 0 saturated carbocycles. The van der Waals surface area contributed by atoms with Crippen LogP contribution in [-0.4, -0.2) is 40.9 Å². The largest absolute Gasteiger partial charge is 0.434 e. The van der Waals surface area contributed by atoms with Crippen molar-refractivity contribution in [3.8, 4) is 11.4 Å². The molecule has 0 N–H and O–H groups in total. The number of likely N-dealkylation sites (N-methyl/N-ethyl adjacent to an activating group) is 1. The summed E-state index contributed by atoms with van der Waals surface area (Å²) in [6, 6.07) is 6.36. The van der Waals surface area contributed by atoms with Crippen molar-refractivity contribution in [1.82, 2.24) is 14.5 Å². The molecule has 2 heterocycles. The van der Waals surface area contributed by atoms with Crippen LogP contribution in [0.3, 0.4) is 0 Å². The first-order valence-electron chi connectivity index (χ1n) is 6.78. The molecule has 0 amide bonds. The molecule has 2 aromatic rings. The Labute approximate surface area is 125 Å². The number of likely N-dealkylation sites (tertiary alicyclic amines) is 1. The summed E-state index contributed by atoms with van der Waals surface area (Å²) in [6.07, 6.45) is -2.71. The number of carbonyl (C=O) groups is 1. The lowest BCUT2D eigenvalue weighted by atomic mass is 10.1. The molecule has 0 aliphatic carbocycles. The third-order valence-corrected chi connectivity index (χ3v) is 3.77. The molecule has 0 radical (unpaired) electrons. The highest BCUT2D eigenvalue weighted by Crippen LogP contribution is 2.34. The lowest BCUT2D eigenvalue weighted by molar-refractivity contribution is -0.141. The summed E-state index contributed by atoms with van der Waals surface area (Å²) in [5.41, 5.74) is 0.147. The fourth-order valence-electron chi connectivity index (χ4n) is 2.57. The summed E-state index contributed by atoms with van der Waals surface area (Å²) in [7, 11) is 1.91. The van der Waals surface area contributed by atoms with E-state index in [0.717, 1.165) is 6.20 Å². The van der Waals surface area contributed by atoms with Gasteiger partial charge in [-0.1, -0.05) is 24.3 Å². The number of carbonyl (C=O) groups excluding carboxylic acids is 1. The van der Waals surface area contributed by atoms with Gasteiger partial charge in [0.1, 0.15) is 12.1 Å². The van der Waals surface area contributed by atoms with Gasteiger partial charge >= 0.3 is 6.18 Å². The van der Waals surface area contributed by atoms with Crippen LogP contribution in [0.15, 0.2) is 30.5 Å². The zero-order chi connectivity index (χ0) is 15.9. The second kappa shape index (κ2) is 5.24. The Kier molecular flexibility index (Phi) is 3.52. The SMILES string of the molecule is CN1CC(n2cc(C(F)(F)F)nc2-c2ccc(C=O)cc2)C1. The number of hydrogen-bond acceptors (Lipinski definition) is 3. The fourth-order valence-corrected chi connectivity index (χ4v) is 2.57. The van der Waals surface area contributed by atoms with Crippen LogP contribution in [0.5, 0.6) is 0 Å². The lowest BCUT2D eigenvalue weighted by Crippen LogP contribution is -2.44. The molecule has 3 rings (SSSR count). The molecule has 0 unspecified atom stereocenters. The number of aldehydes is 1. The van der Waals surface area contributed by atoms with Gasteiger partial charge in [-0.05, 0) is 7.05 Å². The average molecular weight is 309 g/mol. The zero-order valence-corrected chi connectivity index (χ0v) is 11.8. The van der Waals surface area contributed by atoms with E-state index in [9.17, 15) is 18.0 Å². The van der Waals surface area contributed by atoms with E-state index in [1.54, 1.807) is 28.8 Å². The van der Waals surface area contributed by atoms with Gasteiger partial charge in [-0.25, -0.2) is 4.98 Å².